The second kappa shape index (κ2) is 3.72. The van der Waals surface area contributed by atoms with E-state index >= 15 is 0 Å². The van der Waals surface area contributed by atoms with Crippen LogP contribution in [-0.2, 0) is 6.56 Å². The Bertz CT molecular complexity index is 573. The smallest absolute Gasteiger partial charge is 0.143 e. The van der Waals surface area contributed by atoms with E-state index in [1.165, 1.54) is 0 Å². The van der Waals surface area contributed by atoms with Crippen LogP contribution in [0.25, 0.3) is 5.82 Å². The average Bonchev–Trinajstić information content (AvgIpc) is 3.06. The third-order valence-electron chi connectivity index (χ3n) is 2.75. The van der Waals surface area contributed by atoms with Crippen LogP contribution in [0.4, 0.5) is 0 Å². The molecule has 1 saturated carbocycles. The molecular weight excluding hydrogens is 202 g/mol. The Morgan fingerprint density at radius 3 is 3.06 bits per heavy atom. The van der Waals surface area contributed by atoms with Gasteiger partial charge < -0.3 is 5.11 Å². The largest absolute Gasteiger partial charge is 0.392 e. The lowest BCUT2D eigenvalue weighted by atomic mass is 10.2. The maximum Gasteiger partial charge on any atom is 0.143 e. The zero-order valence-corrected chi connectivity index (χ0v) is 8.67. The summed E-state index contributed by atoms with van der Waals surface area (Å²) in [5, 5.41) is 9.57. The second-order valence-electron chi connectivity index (χ2n) is 3.92. The van der Waals surface area contributed by atoms with Crippen molar-refractivity contribution in [2.75, 3.05) is 0 Å². The first kappa shape index (κ1) is 7.57. The van der Waals surface area contributed by atoms with Crippen molar-refractivity contribution < 1.29 is 7.85 Å². The summed E-state index contributed by atoms with van der Waals surface area (Å²) in [6.07, 6.45) is 7.22. The van der Waals surface area contributed by atoms with Crippen molar-refractivity contribution in [1.29, 1.82) is 0 Å². The molecule has 3 rings (SSSR count). The molecule has 1 aliphatic rings. The molecule has 4 heteroatoms. The van der Waals surface area contributed by atoms with E-state index in [0.717, 1.165) is 18.7 Å². The van der Waals surface area contributed by atoms with Crippen LogP contribution in [0.2, 0.25) is 0 Å². The van der Waals surface area contributed by atoms with Crippen LogP contribution < -0.4 is 0 Å². The highest BCUT2D eigenvalue weighted by Gasteiger charge is 2.28. The summed E-state index contributed by atoms with van der Waals surface area (Å²) in [5.74, 6) is 1.73. The normalized spacial score (nSPS) is 18.1. The molecule has 0 aliphatic heterocycles. The number of hydrogen-bond donors (Lipinski definition) is 1. The van der Waals surface area contributed by atoms with E-state index in [4.69, 9.17) is 2.74 Å². The molecule has 0 amide bonds. The summed E-state index contributed by atoms with van der Waals surface area (Å²) in [4.78, 5) is 8.48. The molecule has 1 aliphatic carbocycles. The van der Waals surface area contributed by atoms with E-state index in [1.807, 2.05) is 0 Å². The zero-order valence-electron chi connectivity index (χ0n) is 10.7. The summed E-state index contributed by atoms with van der Waals surface area (Å²) in [6, 6.07) is 3.15. The van der Waals surface area contributed by atoms with Gasteiger partial charge in [0.15, 0.2) is 0 Å². The average molecular weight is 217 g/mol. The van der Waals surface area contributed by atoms with E-state index in [2.05, 4.69) is 9.97 Å². The first-order valence-corrected chi connectivity index (χ1v) is 5.29. The lowest BCUT2D eigenvalue weighted by molar-refractivity contribution is 0.281. The maximum atomic E-state index is 9.57. The van der Waals surface area contributed by atoms with Gasteiger partial charge in [0.05, 0.1) is 9.30 Å². The van der Waals surface area contributed by atoms with Crippen molar-refractivity contribution >= 4 is 0 Å². The quantitative estimate of drug-likeness (QED) is 0.850. The molecule has 0 radical (unpaired) electrons. The Labute approximate surface area is 96.4 Å². The molecule has 82 valence electrons. The number of rotatable bonds is 3. The number of hydrogen-bond acceptors (Lipinski definition) is 3. The minimum atomic E-state index is -2.41. The fourth-order valence-corrected chi connectivity index (χ4v) is 1.81. The lowest BCUT2D eigenvalue weighted by Crippen LogP contribution is -2.05. The Hall–Kier alpha value is -1.68. The first-order valence-electron chi connectivity index (χ1n) is 6.29. The van der Waals surface area contributed by atoms with Gasteiger partial charge in [0.1, 0.15) is 11.6 Å². The monoisotopic (exact) mass is 217 g/mol. The topological polar surface area (TPSA) is 50.9 Å². The number of nitrogens with zero attached hydrogens (tertiary/aromatic N) is 3. The summed E-state index contributed by atoms with van der Waals surface area (Å²) in [6.45, 7) is -2.41. The fraction of sp³-hybridized carbons (Fsp3) is 0.333. The van der Waals surface area contributed by atoms with Gasteiger partial charge in [0.25, 0.3) is 0 Å². The summed E-state index contributed by atoms with van der Waals surface area (Å²) in [7, 11) is 0. The summed E-state index contributed by atoms with van der Waals surface area (Å²) < 4.78 is 16.7. The molecule has 0 unspecified atom stereocenters. The maximum absolute atomic E-state index is 9.57. The third kappa shape index (κ3) is 1.51. The van der Waals surface area contributed by atoms with Crippen molar-refractivity contribution in [3.8, 4) is 5.82 Å². The van der Waals surface area contributed by atoms with E-state index in [9.17, 15) is 5.11 Å². The van der Waals surface area contributed by atoms with Crippen molar-refractivity contribution in [2.45, 2.75) is 25.3 Å². The predicted molar refractivity (Wildman–Crippen MR) is 59.3 cm³/mol. The number of pyridine rings is 1. The van der Waals surface area contributed by atoms with Crippen LogP contribution in [0, 0.1) is 0 Å². The Morgan fingerprint density at radius 1 is 1.44 bits per heavy atom. The van der Waals surface area contributed by atoms with Crippen LogP contribution in [0.5, 0.6) is 0 Å². The second-order valence-corrected chi connectivity index (χ2v) is 3.92. The molecule has 0 atom stereocenters. The molecule has 2 heterocycles. The molecule has 2 aromatic heterocycles. The Balaban J connectivity index is 2.14. The van der Waals surface area contributed by atoms with E-state index in [0.29, 0.717) is 11.7 Å². The van der Waals surface area contributed by atoms with Crippen LogP contribution >= 0.6 is 0 Å². The highest BCUT2D eigenvalue weighted by Crippen LogP contribution is 2.39. The number of imidazole rings is 1. The summed E-state index contributed by atoms with van der Waals surface area (Å²) >= 11 is 0. The Morgan fingerprint density at radius 2 is 2.31 bits per heavy atom. The molecule has 16 heavy (non-hydrogen) atoms. The van der Waals surface area contributed by atoms with Gasteiger partial charge in [-0.3, -0.25) is 4.57 Å². The molecule has 0 bridgehead atoms. The molecule has 0 aromatic carbocycles. The molecular formula is C12H13N3O. The minimum absolute atomic E-state index is 0.157. The van der Waals surface area contributed by atoms with Gasteiger partial charge in [0.2, 0.25) is 0 Å². The summed E-state index contributed by atoms with van der Waals surface area (Å²) in [5.41, 5.74) is 0.157. The van der Waals surface area contributed by atoms with Crippen LogP contribution in [-0.4, -0.2) is 19.6 Å². The van der Waals surface area contributed by atoms with Gasteiger partial charge in [0, 0.05) is 30.1 Å². The third-order valence-corrected chi connectivity index (χ3v) is 2.75. The molecule has 4 nitrogen and oxygen atoms in total. The molecule has 1 N–H and O–H groups in total. The van der Waals surface area contributed by atoms with Gasteiger partial charge in [-0.15, -0.1) is 0 Å². The van der Waals surface area contributed by atoms with Gasteiger partial charge in [-0.2, -0.15) is 0 Å². The number of aliphatic hydroxyl groups is 1. The fourth-order valence-electron chi connectivity index (χ4n) is 1.81. The van der Waals surface area contributed by atoms with Crippen LogP contribution in [0.1, 0.15) is 32.9 Å². The molecule has 0 saturated heterocycles. The van der Waals surface area contributed by atoms with E-state index in [-0.39, 0.29) is 5.56 Å². The van der Waals surface area contributed by atoms with E-state index < -0.39 is 6.56 Å². The van der Waals surface area contributed by atoms with Crippen molar-refractivity contribution in [3.05, 3.63) is 42.1 Å². The van der Waals surface area contributed by atoms with Crippen molar-refractivity contribution in [1.82, 2.24) is 14.5 Å². The van der Waals surface area contributed by atoms with Gasteiger partial charge in [-0.25, -0.2) is 9.97 Å². The molecule has 1 fully saturated rings. The molecule has 0 spiro atoms. The highest BCUT2D eigenvalue weighted by molar-refractivity contribution is 5.35. The van der Waals surface area contributed by atoms with Gasteiger partial charge in [-0.05, 0) is 18.9 Å². The van der Waals surface area contributed by atoms with Crippen LogP contribution in [0.15, 0.2) is 30.7 Å². The predicted octanol–water partition coefficient (Wildman–Crippen LogP) is 1.64. The highest BCUT2D eigenvalue weighted by atomic mass is 16.3. The van der Waals surface area contributed by atoms with E-state index in [1.54, 1.807) is 35.3 Å². The first-order chi connectivity index (χ1) is 8.57. The zero-order chi connectivity index (χ0) is 12.8. The standard InChI is InChI=1S/C12H13N3O/c16-8-10-2-1-5-13-12(10)15-7-6-14-11(15)9-3-4-9/h1-2,5-7,9,16H,3-4,8H2/i8D2. The van der Waals surface area contributed by atoms with Gasteiger partial charge >= 0.3 is 0 Å². The lowest BCUT2D eigenvalue weighted by Gasteiger charge is -2.09. The van der Waals surface area contributed by atoms with Gasteiger partial charge in [-0.1, -0.05) is 6.07 Å². The number of aromatic nitrogens is 3. The van der Waals surface area contributed by atoms with Crippen molar-refractivity contribution in [2.24, 2.45) is 0 Å². The Kier molecular flexibility index (Phi) is 1.76. The minimum Gasteiger partial charge on any atom is -0.392 e. The van der Waals surface area contributed by atoms with Crippen LogP contribution in [0.3, 0.4) is 0 Å². The molecule has 2 aromatic rings. The van der Waals surface area contributed by atoms with Crippen molar-refractivity contribution in [3.63, 3.8) is 0 Å². The SMILES string of the molecule is [2H]C([2H])(O)c1cccnc1-n1ccnc1C1CC1.